The molecule has 0 aromatic rings. The molecule has 0 aromatic carbocycles. The van der Waals surface area contributed by atoms with Crippen LogP contribution in [0.3, 0.4) is 0 Å². The van der Waals surface area contributed by atoms with Crippen LogP contribution >= 0.6 is 7.82 Å². The van der Waals surface area contributed by atoms with Crippen molar-refractivity contribution in [1.29, 1.82) is 0 Å². The van der Waals surface area contributed by atoms with Gasteiger partial charge in [-0.25, -0.2) is 0 Å². The summed E-state index contributed by atoms with van der Waals surface area (Å²) >= 11 is 0. The Labute approximate surface area is 326 Å². The number of likely N-dealkylation sites (N-methyl/N-ethyl adjacent to an activating group) is 1. The number of carbonyl (C=O) groups is 1. The molecule has 8 nitrogen and oxygen atoms in total. The molecule has 0 saturated heterocycles. The normalized spacial score (nSPS) is 15.1. The average molecular weight is 765 g/mol. The van der Waals surface area contributed by atoms with E-state index in [2.05, 4.69) is 67.8 Å². The number of hydrogen-bond donors (Lipinski definition) is 2. The molecular formula is C44H81N2O6P. The van der Waals surface area contributed by atoms with Crippen molar-refractivity contribution in [3.63, 3.8) is 0 Å². The van der Waals surface area contributed by atoms with Crippen LogP contribution in [0.2, 0.25) is 0 Å². The average Bonchev–Trinajstić information content (AvgIpc) is 3.10. The molecule has 0 aliphatic heterocycles. The van der Waals surface area contributed by atoms with E-state index in [4.69, 9.17) is 9.05 Å². The van der Waals surface area contributed by atoms with Crippen molar-refractivity contribution >= 4 is 13.7 Å². The Bertz CT molecular complexity index is 1050. The number of aliphatic hydroxyl groups excluding tert-OH is 1. The van der Waals surface area contributed by atoms with Gasteiger partial charge in [0.15, 0.2) is 0 Å². The first kappa shape index (κ1) is 51.2. The van der Waals surface area contributed by atoms with Gasteiger partial charge in [-0.2, -0.15) is 0 Å². The lowest BCUT2D eigenvalue weighted by Crippen LogP contribution is -2.45. The van der Waals surface area contributed by atoms with E-state index in [1.807, 2.05) is 27.2 Å². The fourth-order valence-corrected chi connectivity index (χ4v) is 6.23. The van der Waals surface area contributed by atoms with E-state index in [1.165, 1.54) is 70.6 Å². The lowest BCUT2D eigenvalue weighted by molar-refractivity contribution is -0.870. The van der Waals surface area contributed by atoms with Crippen molar-refractivity contribution in [2.75, 3.05) is 40.9 Å². The molecule has 0 saturated carbocycles. The molecule has 1 amide bonds. The second kappa shape index (κ2) is 35.9. The number of rotatable bonds is 37. The summed E-state index contributed by atoms with van der Waals surface area (Å²) in [4.78, 5) is 25.2. The summed E-state index contributed by atoms with van der Waals surface area (Å²) in [5, 5.41) is 13.7. The fraction of sp³-hybridized carbons (Fsp3) is 0.750. The molecule has 308 valence electrons. The summed E-state index contributed by atoms with van der Waals surface area (Å²) in [5.41, 5.74) is 0. The Morgan fingerprint density at radius 1 is 0.660 bits per heavy atom. The number of phosphoric ester groups is 1. The SMILES string of the molecule is CCCCCC/C=C\C/C=C\CCCCCCCC(=O)NC(COP(=O)([O-])OCC[N+](C)(C)C)C(O)/C=C/CC/C=C/CC/C=C/CCCCCCC. The summed E-state index contributed by atoms with van der Waals surface area (Å²) < 4.78 is 23.1. The Morgan fingerprint density at radius 2 is 1.11 bits per heavy atom. The quantitative estimate of drug-likeness (QED) is 0.0282. The number of quaternary nitrogens is 1. The molecule has 0 aliphatic carbocycles. The predicted octanol–water partition coefficient (Wildman–Crippen LogP) is 10.8. The smallest absolute Gasteiger partial charge is 0.268 e. The number of unbranched alkanes of at least 4 members (excludes halogenated alkanes) is 16. The van der Waals surface area contributed by atoms with Gasteiger partial charge in [0.25, 0.3) is 7.82 Å². The van der Waals surface area contributed by atoms with Crippen LogP contribution in [-0.2, 0) is 18.4 Å². The molecular weight excluding hydrogens is 683 g/mol. The first-order chi connectivity index (χ1) is 25.5. The zero-order chi connectivity index (χ0) is 39.3. The zero-order valence-corrected chi connectivity index (χ0v) is 35.6. The molecule has 0 aliphatic rings. The lowest BCUT2D eigenvalue weighted by atomic mass is 10.1. The van der Waals surface area contributed by atoms with E-state index in [0.29, 0.717) is 17.4 Å². The predicted molar refractivity (Wildman–Crippen MR) is 224 cm³/mol. The molecule has 0 heterocycles. The van der Waals surface area contributed by atoms with Crippen LogP contribution in [0, 0.1) is 0 Å². The number of aliphatic hydroxyl groups is 1. The highest BCUT2D eigenvalue weighted by Crippen LogP contribution is 2.38. The number of phosphoric acid groups is 1. The Kier molecular flexibility index (Phi) is 34.7. The molecule has 9 heteroatoms. The molecule has 53 heavy (non-hydrogen) atoms. The van der Waals surface area contributed by atoms with Crippen LogP contribution in [0.25, 0.3) is 0 Å². The molecule has 0 bridgehead atoms. The number of hydrogen-bond acceptors (Lipinski definition) is 6. The number of carbonyl (C=O) groups excluding carboxylic acids is 1. The molecule has 0 spiro atoms. The van der Waals surface area contributed by atoms with E-state index >= 15 is 0 Å². The first-order valence-electron chi connectivity index (χ1n) is 21.2. The minimum absolute atomic E-state index is 0.0143. The lowest BCUT2D eigenvalue weighted by Gasteiger charge is -2.29. The van der Waals surface area contributed by atoms with Crippen molar-refractivity contribution in [1.82, 2.24) is 5.32 Å². The highest BCUT2D eigenvalue weighted by Gasteiger charge is 2.23. The largest absolute Gasteiger partial charge is 0.756 e. The molecule has 0 fully saturated rings. The number of amides is 1. The van der Waals surface area contributed by atoms with Crippen LogP contribution in [-0.4, -0.2) is 68.5 Å². The number of nitrogens with zero attached hydrogens (tertiary/aromatic N) is 1. The third-order valence-corrected chi connectivity index (χ3v) is 9.89. The van der Waals surface area contributed by atoms with E-state index in [1.54, 1.807) is 6.08 Å². The summed E-state index contributed by atoms with van der Waals surface area (Å²) in [5.74, 6) is -0.229. The van der Waals surface area contributed by atoms with Crippen molar-refractivity contribution in [3.8, 4) is 0 Å². The third-order valence-electron chi connectivity index (χ3n) is 8.93. The van der Waals surface area contributed by atoms with E-state index < -0.39 is 26.6 Å². The van der Waals surface area contributed by atoms with Crippen molar-refractivity contribution < 1.29 is 32.9 Å². The van der Waals surface area contributed by atoms with E-state index in [9.17, 15) is 19.4 Å². The summed E-state index contributed by atoms with van der Waals surface area (Å²) in [7, 11) is 1.21. The molecule has 3 atom stereocenters. The van der Waals surface area contributed by atoms with Gasteiger partial charge >= 0.3 is 0 Å². The van der Waals surface area contributed by atoms with Gasteiger partial charge in [0.1, 0.15) is 13.2 Å². The van der Waals surface area contributed by atoms with Gasteiger partial charge in [0.2, 0.25) is 5.91 Å². The fourth-order valence-electron chi connectivity index (χ4n) is 5.51. The highest BCUT2D eigenvalue weighted by atomic mass is 31.2. The standard InChI is InChI=1S/C44H81N2O6P/c1-6-8-10-12-14-16-18-20-22-24-26-28-30-32-34-36-38-44(48)45-42(41-52-53(49,50)51-40-39-46(3,4)5)43(47)37-35-33-31-29-27-25-23-21-19-17-15-13-11-9-7-2/h16,18-19,21-22,24,27,29,35,37,42-43,47H,6-15,17,20,23,25-26,28,30-34,36,38-41H2,1-5H3,(H-,45,48,49,50)/b18-16-,21-19+,24-22-,29-27+,37-35+. The van der Waals surface area contributed by atoms with Crippen LogP contribution in [0.4, 0.5) is 0 Å². The molecule has 3 unspecified atom stereocenters. The third kappa shape index (κ3) is 38.3. The van der Waals surface area contributed by atoms with Crippen LogP contribution < -0.4 is 10.2 Å². The van der Waals surface area contributed by atoms with Gasteiger partial charge < -0.3 is 28.8 Å². The van der Waals surface area contributed by atoms with Crippen molar-refractivity contribution in [2.24, 2.45) is 0 Å². The maximum absolute atomic E-state index is 12.8. The first-order valence-corrected chi connectivity index (χ1v) is 22.6. The second-order valence-corrected chi connectivity index (χ2v) is 16.7. The maximum Gasteiger partial charge on any atom is 0.268 e. The monoisotopic (exact) mass is 765 g/mol. The van der Waals surface area contributed by atoms with Crippen LogP contribution in [0.1, 0.15) is 162 Å². The van der Waals surface area contributed by atoms with Crippen molar-refractivity contribution in [3.05, 3.63) is 60.8 Å². The number of allylic oxidation sites excluding steroid dienone is 9. The summed E-state index contributed by atoms with van der Waals surface area (Å²) in [6.45, 7) is 4.55. The van der Waals surface area contributed by atoms with Crippen LogP contribution in [0.5, 0.6) is 0 Å². The van der Waals surface area contributed by atoms with Gasteiger partial charge in [-0.05, 0) is 77.0 Å². The minimum atomic E-state index is -4.60. The number of nitrogens with one attached hydrogen (secondary N) is 1. The van der Waals surface area contributed by atoms with Crippen molar-refractivity contribution in [2.45, 2.75) is 174 Å². The van der Waals surface area contributed by atoms with Crippen LogP contribution in [0.15, 0.2) is 60.8 Å². The van der Waals surface area contributed by atoms with Gasteiger partial charge in [-0.3, -0.25) is 9.36 Å². The topological polar surface area (TPSA) is 108 Å². The van der Waals surface area contributed by atoms with E-state index in [0.717, 1.165) is 70.6 Å². The molecule has 0 radical (unpaired) electrons. The summed E-state index contributed by atoms with van der Waals surface area (Å²) in [6.07, 6.45) is 45.5. The van der Waals surface area contributed by atoms with Gasteiger partial charge in [-0.15, -0.1) is 0 Å². The Hall–Kier alpha value is -1.80. The second-order valence-electron chi connectivity index (χ2n) is 15.3. The van der Waals surface area contributed by atoms with Gasteiger partial charge in [-0.1, -0.05) is 139 Å². The Balaban J connectivity index is 4.59. The van der Waals surface area contributed by atoms with E-state index in [-0.39, 0.29) is 12.5 Å². The molecule has 0 aromatic heterocycles. The Morgan fingerprint density at radius 3 is 1.66 bits per heavy atom. The molecule has 0 rings (SSSR count). The molecule has 2 N–H and O–H groups in total. The highest BCUT2D eigenvalue weighted by molar-refractivity contribution is 7.45. The van der Waals surface area contributed by atoms with Gasteiger partial charge in [0.05, 0.1) is 39.9 Å². The summed E-state index contributed by atoms with van der Waals surface area (Å²) in [6, 6.07) is -0.917. The minimum Gasteiger partial charge on any atom is -0.756 e. The maximum atomic E-state index is 12.8. The van der Waals surface area contributed by atoms with Gasteiger partial charge in [0, 0.05) is 6.42 Å². The zero-order valence-electron chi connectivity index (χ0n) is 34.7.